The summed E-state index contributed by atoms with van der Waals surface area (Å²) in [6, 6.07) is 6.71. The number of anilines is 1. The van der Waals surface area contributed by atoms with Gasteiger partial charge in [0.1, 0.15) is 9.96 Å². The lowest BCUT2D eigenvalue weighted by atomic mass is 10.1. The van der Waals surface area contributed by atoms with Crippen LogP contribution in [0.2, 0.25) is 0 Å². The molecule has 0 aliphatic rings. The number of sulfonamides is 1. The van der Waals surface area contributed by atoms with Crippen LogP contribution in [0.3, 0.4) is 0 Å². The van der Waals surface area contributed by atoms with Crippen molar-refractivity contribution >= 4 is 27.0 Å². The molecule has 0 saturated carbocycles. The molecule has 102 valence electrons. The zero-order valence-corrected chi connectivity index (χ0v) is 12.5. The molecule has 0 atom stereocenters. The van der Waals surface area contributed by atoms with Gasteiger partial charge in [0.25, 0.3) is 10.0 Å². The van der Waals surface area contributed by atoms with E-state index >= 15 is 0 Å². The van der Waals surface area contributed by atoms with Crippen LogP contribution in [0.5, 0.6) is 5.75 Å². The first kappa shape index (κ1) is 13.9. The maximum atomic E-state index is 12.2. The van der Waals surface area contributed by atoms with Gasteiger partial charge in [0.15, 0.2) is 0 Å². The van der Waals surface area contributed by atoms with E-state index in [2.05, 4.69) is 4.72 Å². The van der Waals surface area contributed by atoms with Gasteiger partial charge in [0.05, 0.1) is 5.69 Å². The molecule has 1 aromatic heterocycles. The highest BCUT2D eigenvalue weighted by Crippen LogP contribution is 2.31. The molecule has 2 N–H and O–H groups in total. The lowest BCUT2D eigenvalue weighted by molar-refractivity contribution is 0.473. The van der Waals surface area contributed by atoms with Crippen molar-refractivity contribution in [2.45, 2.75) is 25.0 Å². The molecule has 0 saturated heterocycles. The highest BCUT2D eigenvalue weighted by molar-refractivity contribution is 7.94. The summed E-state index contributed by atoms with van der Waals surface area (Å²) in [6.45, 7) is 5.42. The molecule has 0 radical (unpaired) electrons. The summed E-state index contributed by atoms with van der Waals surface area (Å²) in [4.78, 5) is 0.921. The number of hydrogen-bond donors (Lipinski definition) is 2. The summed E-state index contributed by atoms with van der Waals surface area (Å²) in [6.07, 6.45) is 0. The standard InChI is InChI=1S/C13H15NO3S2/c1-8-6-9(2)13(15)11(7-8)14-19(16,17)12-5-4-10(3)18-12/h4-7,14-15H,1-3H3. The van der Waals surface area contributed by atoms with Gasteiger partial charge in [0.2, 0.25) is 0 Å². The second-order valence-corrected chi connectivity index (χ2v) is 7.65. The van der Waals surface area contributed by atoms with Gasteiger partial charge in [-0.25, -0.2) is 8.42 Å². The molecule has 0 bridgehead atoms. The minimum Gasteiger partial charge on any atom is -0.505 e. The number of benzene rings is 1. The quantitative estimate of drug-likeness (QED) is 0.855. The van der Waals surface area contributed by atoms with E-state index < -0.39 is 10.0 Å². The Hall–Kier alpha value is -1.53. The van der Waals surface area contributed by atoms with Crippen LogP contribution in [0.25, 0.3) is 0 Å². The summed E-state index contributed by atoms with van der Waals surface area (Å²) < 4.78 is 27.0. The van der Waals surface area contributed by atoms with Crippen molar-refractivity contribution in [3.05, 3.63) is 40.3 Å². The number of nitrogens with one attached hydrogen (secondary N) is 1. The molecule has 19 heavy (non-hydrogen) atoms. The Labute approximate surface area is 116 Å². The van der Waals surface area contributed by atoms with Gasteiger partial charge in [0, 0.05) is 4.88 Å². The highest BCUT2D eigenvalue weighted by Gasteiger charge is 2.18. The third-order valence-electron chi connectivity index (χ3n) is 2.67. The molecule has 1 heterocycles. The van der Waals surface area contributed by atoms with Crippen molar-refractivity contribution in [3.8, 4) is 5.75 Å². The molecule has 2 rings (SSSR count). The van der Waals surface area contributed by atoms with Crippen LogP contribution in [0.1, 0.15) is 16.0 Å². The fourth-order valence-corrected chi connectivity index (χ4v) is 4.13. The lowest BCUT2D eigenvalue weighted by Gasteiger charge is -2.11. The lowest BCUT2D eigenvalue weighted by Crippen LogP contribution is -2.12. The Bertz CT molecular complexity index is 717. The third kappa shape index (κ3) is 2.90. The molecule has 1 aromatic carbocycles. The van der Waals surface area contributed by atoms with Gasteiger partial charge in [-0.1, -0.05) is 6.07 Å². The van der Waals surface area contributed by atoms with Crippen molar-refractivity contribution in [1.82, 2.24) is 0 Å². The molecule has 6 heteroatoms. The predicted molar refractivity (Wildman–Crippen MR) is 77.4 cm³/mol. The summed E-state index contributed by atoms with van der Waals surface area (Å²) >= 11 is 1.20. The Morgan fingerprint density at radius 1 is 1.16 bits per heavy atom. The van der Waals surface area contributed by atoms with Gasteiger partial charge in [-0.15, -0.1) is 11.3 Å². The second kappa shape index (κ2) is 4.86. The largest absolute Gasteiger partial charge is 0.505 e. The van der Waals surface area contributed by atoms with Crippen LogP contribution in [-0.2, 0) is 10.0 Å². The minimum atomic E-state index is -3.64. The first-order valence-electron chi connectivity index (χ1n) is 5.69. The Morgan fingerprint density at radius 2 is 1.84 bits per heavy atom. The van der Waals surface area contributed by atoms with E-state index in [9.17, 15) is 13.5 Å². The highest BCUT2D eigenvalue weighted by atomic mass is 32.2. The van der Waals surface area contributed by atoms with Gasteiger partial charge >= 0.3 is 0 Å². The van der Waals surface area contributed by atoms with Crippen molar-refractivity contribution in [1.29, 1.82) is 0 Å². The summed E-state index contributed by atoms with van der Waals surface area (Å²) in [5, 5.41) is 9.91. The van der Waals surface area contributed by atoms with Crippen LogP contribution >= 0.6 is 11.3 Å². The average molecular weight is 297 g/mol. The van der Waals surface area contributed by atoms with Crippen LogP contribution in [0.4, 0.5) is 5.69 Å². The Kier molecular flexibility index (Phi) is 3.56. The topological polar surface area (TPSA) is 66.4 Å². The monoisotopic (exact) mass is 297 g/mol. The zero-order valence-electron chi connectivity index (χ0n) is 10.9. The number of rotatable bonds is 3. The minimum absolute atomic E-state index is 0.0394. The van der Waals surface area contributed by atoms with Crippen LogP contribution < -0.4 is 4.72 Å². The zero-order chi connectivity index (χ0) is 14.2. The summed E-state index contributed by atoms with van der Waals surface area (Å²) in [7, 11) is -3.64. The maximum absolute atomic E-state index is 12.2. The molecule has 4 nitrogen and oxygen atoms in total. The fraction of sp³-hybridized carbons (Fsp3) is 0.231. The molecule has 0 aliphatic heterocycles. The average Bonchev–Trinajstić information content (AvgIpc) is 2.72. The molecule has 0 fully saturated rings. The first-order chi connectivity index (χ1) is 8.79. The molecular weight excluding hydrogens is 282 g/mol. The number of aryl methyl sites for hydroxylation is 3. The molecule has 0 spiro atoms. The van der Waals surface area contributed by atoms with Crippen LogP contribution in [0, 0.1) is 20.8 Å². The van der Waals surface area contributed by atoms with Gasteiger partial charge in [-0.05, 0) is 50.1 Å². The van der Waals surface area contributed by atoms with E-state index in [0.717, 1.165) is 10.4 Å². The molecule has 0 unspecified atom stereocenters. The van der Waals surface area contributed by atoms with Crippen molar-refractivity contribution in [2.75, 3.05) is 4.72 Å². The molecular formula is C13H15NO3S2. The van der Waals surface area contributed by atoms with Crippen LogP contribution in [-0.4, -0.2) is 13.5 Å². The van der Waals surface area contributed by atoms with E-state index in [-0.39, 0.29) is 15.6 Å². The number of phenolic OH excluding ortho intramolecular Hbond substituents is 1. The number of phenols is 1. The van der Waals surface area contributed by atoms with Gasteiger partial charge < -0.3 is 5.11 Å². The van der Waals surface area contributed by atoms with Gasteiger partial charge in [-0.3, -0.25) is 4.72 Å². The van der Waals surface area contributed by atoms with E-state index in [1.54, 1.807) is 31.2 Å². The SMILES string of the molecule is Cc1cc(C)c(O)c(NS(=O)(=O)c2ccc(C)s2)c1. The third-order valence-corrected chi connectivity index (χ3v) is 5.53. The van der Waals surface area contributed by atoms with Gasteiger partial charge in [-0.2, -0.15) is 0 Å². The normalized spacial score (nSPS) is 11.5. The summed E-state index contributed by atoms with van der Waals surface area (Å²) in [5.41, 5.74) is 1.74. The number of aromatic hydroxyl groups is 1. The maximum Gasteiger partial charge on any atom is 0.271 e. The first-order valence-corrected chi connectivity index (χ1v) is 7.99. The molecule has 2 aromatic rings. The van der Waals surface area contributed by atoms with E-state index in [1.807, 2.05) is 13.8 Å². The molecule has 0 aliphatic carbocycles. The fourth-order valence-electron chi connectivity index (χ4n) is 1.79. The van der Waals surface area contributed by atoms with E-state index in [4.69, 9.17) is 0 Å². The van der Waals surface area contributed by atoms with Crippen LogP contribution in [0.15, 0.2) is 28.5 Å². The Morgan fingerprint density at radius 3 is 2.42 bits per heavy atom. The van der Waals surface area contributed by atoms with Crippen molar-refractivity contribution < 1.29 is 13.5 Å². The number of hydrogen-bond acceptors (Lipinski definition) is 4. The van der Waals surface area contributed by atoms with Crippen molar-refractivity contribution in [2.24, 2.45) is 0 Å². The second-order valence-electron chi connectivity index (χ2n) is 4.45. The van der Waals surface area contributed by atoms with E-state index in [0.29, 0.717) is 5.56 Å². The molecule has 0 amide bonds. The number of thiophene rings is 1. The smallest absolute Gasteiger partial charge is 0.271 e. The predicted octanol–water partition coefficient (Wildman–Crippen LogP) is 3.18. The van der Waals surface area contributed by atoms with E-state index in [1.165, 1.54) is 11.3 Å². The summed E-state index contributed by atoms with van der Waals surface area (Å²) in [5.74, 6) is -0.0394. The van der Waals surface area contributed by atoms with Crippen molar-refractivity contribution in [3.63, 3.8) is 0 Å². The Balaban J connectivity index is 2.41.